The van der Waals surface area contributed by atoms with Gasteiger partial charge in [-0.2, -0.15) is 0 Å². The Morgan fingerprint density at radius 3 is 2.46 bits per heavy atom. The largest absolute Gasteiger partial charge is 0.354 e. The van der Waals surface area contributed by atoms with E-state index >= 15 is 0 Å². The molecular weight excluding hydrogens is 388 g/mol. The smallest absolute Gasteiger partial charge is 0.333 e. The molecule has 2 aromatic heterocycles. The molecule has 1 amide bonds. The summed E-state index contributed by atoms with van der Waals surface area (Å²) in [5.41, 5.74) is -0.323. The first-order valence-electron chi connectivity index (χ1n) is 8.31. The fourth-order valence-corrected chi connectivity index (χ4v) is 3.03. The molecule has 0 aliphatic rings. The van der Waals surface area contributed by atoms with Crippen molar-refractivity contribution in [3.63, 3.8) is 0 Å². The van der Waals surface area contributed by atoms with Gasteiger partial charge < -0.3 is 24.3 Å². The van der Waals surface area contributed by atoms with Gasteiger partial charge in [0.1, 0.15) is 5.52 Å². The van der Waals surface area contributed by atoms with Crippen molar-refractivity contribution in [1.82, 2.24) is 19.4 Å². The highest BCUT2D eigenvalue weighted by atomic mass is 35.5. The van der Waals surface area contributed by atoms with Gasteiger partial charge in [0.05, 0.1) is 23.3 Å². The summed E-state index contributed by atoms with van der Waals surface area (Å²) in [5, 5.41) is 3.13. The van der Waals surface area contributed by atoms with Crippen LogP contribution in [0.4, 0.5) is 0 Å². The molecule has 9 nitrogen and oxygen atoms in total. The molecule has 0 radical (unpaired) electrons. The lowest BCUT2D eigenvalue weighted by Gasteiger charge is -2.13. The summed E-state index contributed by atoms with van der Waals surface area (Å²) in [4.78, 5) is 40.7. The van der Waals surface area contributed by atoms with Crippen LogP contribution in [0.3, 0.4) is 0 Å². The number of amides is 1. The Balaban J connectivity index is 2.07. The second-order valence-electron chi connectivity index (χ2n) is 6.04. The van der Waals surface area contributed by atoms with Crippen LogP contribution in [-0.4, -0.2) is 47.1 Å². The second-order valence-corrected chi connectivity index (χ2v) is 6.47. The summed E-state index contributed by atoms with van der Waals surface area (Å²) in [7, 11) is 4.53. The molecule has 148 valence electrons. The van der Waals surface area contributed by atoms with Crippen LogP contribution in [0.5, 0.6) is 0 Å². The monoisotopic (exact) mass is 406 g/mol. The molecule has 0 saturated carbocycles. The predicted molar refractivity (Wildman–Crippen MR) is 104 cm³/mol. The van der Waals surface area contributed by atoms with E-state index in [4.69, 9.17) is 21.1 Å². The molecule has 0 unspecified atom stereocenters. The quantitative estimate of drug-likeness (QED) is 0.594. The molecule has 0 spiro atoms. The van der Waals surface area contributed by atoms with Crippen molar-refractivity contribution < 1.29 is 14.3 Å². The summed E-state index contributed by atoms with van der Waals surface area (Å²) >= 11 is 5.87. The van der Waals surface area contributed by atoms with Crippen LogP contribution in [0.1, 0.15) is 10.4 Å². The van der Waals surface area contributed by atoms with Gasteiger partial charge in [0.25, 0.3) is 11.5 Å². The summed E-state index contributed by atoms with van der Waals surface area (Å²) in [6.45, 7) is 0.105. The van der Waals surface area contributed by atoms with Gasteiger partial charge in [-0.3, -0.25) is 9.59 Å². The van der Waals surface area contributed by atoms with Crippen molar-refractivity contribution in [3.8, 4) is 5.69 Å². The number of nitrogens with zero attached hydrogens (tertiary/aromatic N) is 2. The molecule has 0 aliphatic carbocycles. The first kappa shape index (κ1) is 19.9. The van der Waals surface area contributed by atoms with Crippen molar-refractivity contribution in [2.75, 3.05) is 20.8 Å². The summed E-state index contributed by atoms with van der Waals surface area (Å²) in [6, 6.07) is 6.30. The van der Waals surface area contributed by atoms with Gasteiger partial charge >= 0.3 is 5.69 Å². The number of ether oxygens (including phenoxy) is 2. The van der Waals surface area contributed by atoms with Gasteiger partial charge in [-0.05, 0) is 24.3 Å². The molecule has 0 aliphatic heterocycles. The van der Waals surface area contributed by atoms with Gasteiger partial charge in [0.15, 0.2) is 6.29 Å². The Morgan fingerprint density at radius 2 is 1.86 bits per heavy atom. The Kier molecular flexibility index (Phi) is 5.68. The number of aromatic nitrogens is 3. The highest BCUT2D eigenvalue weighted by molar-refractivity contribution is 6.30. The number of nitrogens with one attached hydrogen (secondary N) is 2. The third kappa shape index (κ3) is 3.59. The zero-order chi connectivity index (χ0) is 20.4. The van der Waals surface area contributed by atoms with E-state index in [0.717, 1.165) is 4.57 Å². The van der Waals surface area contributed by atoms with E-state index in [1.165, 1.54) is 25.0 Å². The molecule has 28 heavy (non-hydrogen) atoms. The third-order valence-corrected chi connectivity index (χ3v) is 4.56. The highest BCUT2D eigenvalue weighted by Crippen LogP contribution is 2.16. The molecule has 0 atom stereocenters. The minimum absolute atomic E-state index is 0.105. The lowest BCUT2D eigenvalue weighted by Crippen LogP contribution is -2.35. The number of fused-ring (bicyclic) bond motifs is 1. The summed E-state index contributed by atoms with van der Waals surface area (Å²) < 4.78 is 12.5. The second kappa shape index (κ2) is 8.01. The maximum absolute atomic E-state index is 13.0. The molecule has 2 N–H and O–H groups in total. The average Bonchev–Trinajstić information content (AvgIpc) is 3.00. The minimum Gasteiger partial charge on any atom is -0.354 e. The average molecular weight is 407 g/mol. The molecule has 0 bridgehead atoms. The molecule has 10 heteroatoms. The van der Waals surface area contributed by atoms with Crippen molar-refractivity contribution in [2.45, 2.75) is 6.29 Å². The fourth-order valence-electron chi connectivity index (χ4n) is 2.90. The number of H-pyrrole nitrogens is 1. The van der Waals surface area contributed by atoms with E-state index in [2.05, 4.69) is 10.3 Å². The number of hydrogen-bond donors (Lipinski definition) is 2. The van der Waals surface area contributed by atoms with Crippen molar-refractivity contribution >= 4 is 28.5 Å². The van der Waals surface area contributed by atoms with Crippen LogP contribution in [0.2, 0.25) is 5.02 Å². The Bertz CT molecular complexity index is 1130. The fraction of sp³-hybridized carbons (Fsp3) is 0.278. The van der Waals surface area contributed by atoms with Crippen LogP contribution in [0.15, 0.2) is 40.1 Å². The zero-order valence-corrected chi connectivity index (χ0v) is 16.2. The van der Waals surface area contributed by atoms with Crippen LogP contribution >= 0.6 is 11.6 Å². The van der Waals surface area contributed by atoms with E-state index in [-0.39, 0.29) is 23.1 Å². The molecule has 0 fully saturated rings. The lowest BCUT2D eigenvalue weighted by molar-refractivity contribution is -0.0974. The third-order valence-electron chi connectivity index (χ3n) is 4.31. The van der Waals surface area contributed by atoms with E-state index in [1.807, 2.05) is 0 Å². The molecule has 3 aromatic rings. The van der Waals surface area contributed by atoms with Gasteiger partial charge in [-0.25, -0.2) is 9.36 Å². The topological polar surface area (TPSA) is 107 Å². The number of hydrogen-bond acceptors (Lipinski definition) is 5. The van der Waals surface area contributed by atoms with Gasteiger partial charge in [0, 0.05) is 32.5 Å². The predicted octanol–water partition coefficient (Wildman–Crippen LogP) is 1.02. The minimum atomic E-state index is -0.660. The number of benzene rings is 1. The number of aromatic amines is 1. The van der Waals surface area contributed by atoms with E-state index in [0.29, 0.717) is 10.7 Å². The summed E-state index contributed by atoms with van der Waals surface area (Å²) in [5.74, 6) is -0.469. The Morgan fingerprint density at radius 1 is 1.21 bits per heavy atom. The number of methoxy groups -OCH3 is 2. The number of aryl methyl sites for hydroxylation is 1. The first-order valence-corrected chi connectivity index (χ1v) is 8.69. The number of halogens is 1. The molecule has 3 rings (SSSR count). The molecular formula is C18H19ClN4O5. The first-order chi connectivity index (χ1) is 13.4. The molecule has 0 saturated heterocycles. The summed E-state index contributed by atoms with van der Waals surface area (Å²) in [6.07, 6.45) is 0.873. The van der Waals surface area contributed by atoms with Crippen LogP contribution in [-0.2, 0) is 16.5 Å². The molecule has 1 aromatic carbocycles. The standard InChI is InChI=1S/C18H19ClN4O5/c1-22-9-12(16(24)20-8-13(27-2)28-3)14-15(22)17(25)23(18(26)21-14)11-6-4-10(19)5-7-11/h4-7,9,13H,8H2,1-3H3,(H,20,24)(H,21,26). The van der Waals surface area contributed by atoms with Crippen molar-refractivity contribution in [1.29, 1.82) is 0 Å². The van der Waals surface area contributed by atoms with Crippen LogP contribution in [0, 0.1) is 0 Å². The van der Waals surface area contributed by atoms with Gasteiger partial charge in [-0.15, -0.1) is 0 Å². The number of carbonyl (C=O) groups is 1. The van der Waals surface area contributed by atoms with Crippen LogP contribution in [0.25, 0.3) is 16.7 Å². The number of carbonyl (C=O) groups excluding carboxylic acids is 1. The van der Waals surface area contributed by atoms with Gasteiger partial charge in [0.2, 0.25) is 0 Å². The van der Waals surface area contributed by atoms with E-state index in [1.54, 1.807) is 31.3 Å². The van der Waals surface area contributed by atoms with E-state index in [9.17, 15) is 14.4 Å². The molecule has 2 heterocycles. The van der Waals surface area contributed by atoms with Crippen LogP contribution < -0.4 is 16.6 Å². The zero-order valence-electron chi connectivity index (χ0n) is 15.5. The maximum Gasteiger partial charge on any atom is 0.333 e. The Hall–Kier alpha value is -2.88. The lowest BCUT2D eigenvalue weighted by atomic mass is 10.2. The highest BCUT2D eigenvalue weighted by Gasteiger charge is 2.20. The van der Waals surface area contributed by atoms with Crippen molar-refractivity contribution in [3.05, 3.63) is 61.9 Å². The van der Waals surface area contributed by atoms with Crippen molar-refractivity contribution in [2.24, 2.45) is 7.05 Å². The van der Waals surface area contributed by atoms with E-state index < -0.39 is 23.4 Å². The maximum atomic E-state index is 13.0. The SMILES string of the molecule is COC(CNC(=O)c1cn(C)c2c(=O)n(-c3ccc(Cl)cc3)c(=O)[nH]c12)OC. The Labute approximate surface area is 164 Å². The number of rotatable bonds is 6. The van der Waals surface area contributed by atoms with Gasteiger partial charge in [-0.1, -0.05) is 11.6 Å². The normalized spacial score (nSPS) is 11.3.